The number of rotatable bonds is 3. The molecule has 2 rings (SSSR count). The normalized spacial score (nSPS) is 10.4. The van der Waals surface area contributed by atoms with E-state index in [1.54, 1.807) is 31.3 Å². The summed E-state index contributed by atoms with van der Waals surface area (Å²) in [6.45, 7) is 1.79. The summed E-state index contributed by atoms with van der Waals surface area (Å²) >= 11 is 3.27. The minimum Gasteiger partial charge on any atom is -0.292 e. The fraction of sp³-hybridized carbons (Fsp3) is 0.143. The average molecular weight is 308 g/mol. The molecule has 0 saturated carbocycles. The van der Waals surface area contributed by atoms with Crippen LogP contribution in [0.25, 0.3) is 0 Å². The van der Waals surface area contributed by atoms with Crippen LogP contribution in [0.1, 0.15) is 21.6 Å². The van der Waals surface area contributed by atoms with Gasteiger partial charge in [0.1, 0.15) is 11.5 Å². The second kappa shape index (κ2) is 5.40. The highest BCUT2D eigenvalue weighted by Crippen LogP contribution is 2.14. The zero-order valence-corrected chi connectivity index (χ0v) is 11.4. The van der Waals surface area contributed by atoms with Crippen molar-refractivity contribution in [2.45, 2.75) is 13.3 Å². The lowest BCUT2D eigenvalue weighted by Gasteiger charge is -2.05. The summed E-state index contributed by atoms with van der Waals surface area (Å²) in [7, 11) is 0. The SMILES string of the molecule is Cc1cc(F)ccc1CC(=O)c1ccc(Br)cn1. The van der Waals surface area contributed by atoms with Crippen LogP contribution >= 0.6 is 15.9 Å². The Bertz CT molecular complexity index is 581. The molecule has 18 heavy (non-hydrogen) atoms. The van der Waals surface area contributed by atoms with Gasteiger partial charge in [0.05, 0.1) is 0 Å². The molecule has 2 aromatic rings. The monoisotopic (exact) mass is 307 g/mol. The Kier molecular flexibility index (Phi) is 3.87. The zero-order valence-electron chi connectivity index (χ0n) is 9.78. The van der Waals surface area contributed by atoms with Crippen molar-refractivity contribution in [1.29, 1.82) is 0 Å². The molecule has 4 heteroatoms. The number of aromatic nitrogens is 1. The van der Waals surface area contributed by atoms with Crippen LogP contribution < -0.4 is 0 Å². The summed E-state index contributed by atoms with van der Waals surface area (Å²) < 4.78 is 13.8. The summed E-state index contributed by atoms with van der Waals surface area (Å²) in [5.74, 6) is -0.359. The third kappa shape index (κ3) is 3.01. The maximum absolute atomic E-state index is 12.9. The van der Waals surface area contributed by atoms with E-state index >= 15 is 0 Å². The second-order valence-corrected chi connectivity index (χ2v) is 4.95. The van der Waals surface area contributed by atoms with E-state index in [1.165, 1.54) is 12.1 Å². The Morgan fingerprint density at radius 3 is 2.72 bits per heavy atom. The second-order valence-electron chi connectivity index (χ2n) is 4.03. The van der Waals surface area contributed by atoms with Gasteiger partial charge >= 0.3 is 0 Å². The first kappa shape index (κ1) is 12.9. The number of hydrogen-bond donors (Lipinski definition) is 0. The van der Waals surface area contributed by atoms with Crippen molar-refractivity contribution in [3.63, 3.8) is 0 Å². The van der Waals surface area contributed by atoms with Gasteiger partial charge in [-0.2, -0.15) is 0 Å². The standard InChI is InChI=1S/C14H11BrFNO/c1-9-6-12(16)4-2-10(9)7-14(18)13-5-3-11(15)8-17-13/h2-6,8H,7H2,1H3. The van der Waals surface area contributed by atoms with Crippen molar-refractivity contribution in [1.82, 2.24) is 4.98 Å². The van der Waals surface area contributed by atoms with Gasteiger partial charge in [-0.3, -0.25) is 9.78 Å². The molecule has 0 aliphatic carbocycles. The van der Waals surface area contributed by atoms with Crippen LogP contribution in [-0.2, 0) is 6.42 Å². The molecule has 1 heterocycles. The van der Waals surface area contributed by atoms with Crippen LogP contribution in [0.2, 0.25) is 0 Å². The van der Waals surface area contributed by atoms with E-state index in [0.717, 1.165) is 15.6 Å². The van der Waals surface area contributed by atoms with E-state index in [9.17, 15) is 9.18 Å². The van der Waals surface area contributed by atoms with Gasteiger partial charge in [-0.05, 0) is 58.2 Å². The molecule has 0 atom stereocenters. The molecular formula is C14H11BrFNO. The number of aryl methyl sites for hydroxylation is 1. The Morgan fingerprint density at radius 2 is 2.11 bits per heavy atom. The van der Waals surface area contributed by atoms with Gasteiger partial charge in [0, 0.05) is 17.1 Å². The summed E-state index contributed by atoms with van der Waals surface area (Å²) in [5.41, 5.74) is 2.02. The quantitative estimate of drug-likeness (QED) is 0.809. The fourth-order valence-corrected chi connectivity index (χ4v) is 1.90. The van der Waals surface area contributed by atoms with Crippen molar-refractivity contribution in [3.8, 4) is 0 Å². The maximum atomic E-state index is 12.9. The van der Waals surface area contributed by atoms with Crippen LogP contribution in [0, 0.1) is 12.7 Å². The number of nitrogens with zero attached hydrogens (tertiary/aromatic N) is 1. The molecule has 1 aromatic heterocycles. The van der Waals surface area contributed by atoms with Crippen LogP contribution in [-0.4, -0.2) is 10.8 Å². The van der Waals surface area contributed by atoms with Gasteiger partial charge < -0.3 is 0 Å². The molecule has 0 amide bonds. The average Bonchev–Trinajstić information content (AvgIpc) is 2.33. The molecule has 92 valence electrons. The fourth-order valence-electron chi connectivity index (χ4n) is 1.66. The maximum Gasteiger partial charge on any atom is 0.185 e. The first-order chi connectivity index (χ1) is 8.56. The molecule has 0 saturated heterocycles. The zero-order chi connectivity index (χ0) is 13.1. The van der Waals surface area contributed by atoms with Gasteiger partial charge in [-0.25, -0.2) is 4.39 Å². The number of pyridine rings is 1. The van der Waals surface area contributed by atoms with Gasteiger partial charge in [0.25, 0.3) is 0 Å². The van der Waals surface area contributed by atoms with Crippen LogP contribution in [0.5, 0.6) is 0 Å². The van der Waals surface area contributed by atoms with Crippen molar-refractivity contribution < 1.29 is 9.18 Å². The first-order valence-corrected chi connectivity index (χ1v) is 6.25. The molecule has 0 fully saturated rings. The minimum atomic E-state index is -0.287. The van der Waals surface area contributed by atoms with Crippen molar-refractivity contribution in [3.05, 3.63) is 63.6 Å². The molecule has 2 nitrogen and oxygen atoms in total. The van der Waals surface area contributed by atoms with Crippen molar-refractivity contribution >= 4 is 21.7 Å². The number of halogens is 2. The molecule has 0 unspecified atom stereocenters. The van der Waals surface area contributed by atoms with Gasteiger partial charge in [-0.1, -0.05) is 6.07 Å². The molecular weight excluding hydrogens is 297 g/mol. The number of ketones is 1. The Labute approximate surface area is 113 Å². The van der Waals surface area contributed by atoms with Gasteiger partial charge in [0.15, 0.2) is 5.78 Å². The summed E-state index contributed by atoms with van der Waals surface area (Å²) in [4.78, 5) is 16.0. The Hall–Kier alpha value is -1.55. The van der Waals surface area contributed by atoms with Crippen LogP contribution in [0.15, 0.2) is 41.0 Å². The summed E-state index contributed by atoms with van der Waals surface area (Å²) in [6, 6.07) is 7.88. The Balaban J connectivity index is 2.18. The lowest BCUT2D eigenvalue weighted by Crippen LogP contribution is -2.07. The highest BCUT2D eigenvalue weighted by molar-refractivity contribution is 9.10. The van der Waals surface area contributed by atoms with E-state index in [1.807, 2.05) is 0 Å². The van der Waals surface area contributed by atoms with Crippen LogP contribution in [0.3, 0.4) is 0 Å². The molecule has 0 radical (unpaired) electrons. The molecule has 0 aliphatic rings. The molecule has 0 N–H and O–H groups in total. The summed E-state index contributed by atoms with van der Waals surface area (Å²) in [5, 5.41) is 0. The largest absolute Gasteiger partial charge is 0.292 e. The lowest BCUT2D eigenvalue weighted by molar-refractivity contribution is 0.0988. The minimum absolute atomic E-state index is 0.0720. The van der Waals surface area contributed by atoms with Crippen molar-refractivity contribution in [2.75, 3.05) is 0 Å². The molecule has 1 aromatic carbocycles. The topological polar surface area (TPSA) is 30.0 Å². The van der Waals surface area contributed by atoms with E-state index < -0.39 is 0 Å². The van der Waals surface area contributed by atoms with E-state index in [4.69, 9.17) is 0 Å². The van der Waals surface area contributed by atoms with Crippen LogP contribution in [0.4, 0.5) is 4.39 Å². The van der Waals surface area contributed by atoms with Crippen molar-refractivity contribution in [2.24, 2.45) is 0 Å². The van der Waals surface area contributed by atoms with Gasteiger partial charge in [0.2, 0.25) is 0 Å². The Morgan fingerprint density at radius 1 is 1.33 bits per heavy atom. The molecule has 0 spiro atoms. The van der Waals surface area contributed by atoms with E-state index in [2.05, 4.69) is 20.9 Å². The highest BCUT2D eigenvalue weighted by atomic mass is 79.9. The van der Waals surface area contributed by atoms with Gasteiger partial charge in [-0.15, -0.1) is 0 Å². The number of carbonyl (C=O) groups is 1. The van der Waals surface area contributed by atoms with E-state index in [-0.39, 0.29) is 18.0 Å². The third-order valence-corrected chi connectivity index (χ3v) is 3.14. The predicted molar refractivity (Wildman–Crippen MR) is 71.1 cm³/mol. The molecule has 0 aliphatic heterocycles. The highest BCUT2D eigenvalue weighted by Gasteiger charge is 2.10. The van der Waals surface area contributed by atoms with E-state index in [0.29, 0.717) is 5.69 Å². The predicted octanol–water partition coefficient (Wildman–Crippen LogP) is 3.72. The lowest BCUT2D eigenvalue weighted by atomic mass is 10.0. The number of benzene rings is 1. The smallest absolute Gasteiger partial charge is 0.185 e. The molecule has 0 bridgehead atoms. The first-order valence-electron chi connectivity index (χ1n) is 5.46. The number of carbonyl (C=O) groups excluding carboxylic acids is 1. The number of Topliss-reactive ketones (excluding diaryl/α,β-unsaturated/α-hetero) is 1. The summed E-state index contributed by atoms with van der Waals surface area (Å²) in [6.07, 6.45) is 1.82. The third-order valence-electron chi connectivity index (χ3n) is 2.67. The number of hydrogen-bond acceptors (Lipinski definition) is 2.